The number of rotatable bonds is 3. The lowest BCUT2D eigenvalue weighted by molar-refractivity contribution is -0.137. The molecule has 2 aromatic rings. The monoisotopic (exact) mass is 322 g/mol. The Kier molecular flexibility index (Phi) is 4.29. The number of halogens is 5. The molecule has 1 aromatic heterocycles. The van der Waals surface area contributed by atoms with Gasteiger partial charge in [-0.25, -0.2) is 0 Å². The third-order valence-corrected chi connectivity index (χ3v) is 2.78. The van der Waals surface area contributed by atoms with Gasteiger partial charge in [0.1, 0.15) is 0 Å². The number of alkyl halides is 3. The van der Waals surface area contributed by atoms with Crippen molar-refractivity contribution in [3.63, 3.8) is 0 Å². The zero-order chi connectivity index (χ0) is 14.8. The van der Waals surface area contributed by atoms with Gasteiger partial charge in [0.05, 0.1) is 5.56 Å². The Morgan fingerprint density at radius 2 is 1.70 bits per heavy atom. The van der Waals surface area contributed by atoms with Gasteiger partial charge in [0.25, 0.3) is 0 Å². The Labute approximate surface area is 121 Å². The molecule has 0 fully saturated rings. The van der Waals surface area contributed by atoms with Gasteiger partial charge < -0.3 is 5.32 Å². The van der Waals surface area contributed by atoms with Gasteiger partial charge in [0, 0.05) is 6.54 Å². The molecular formula is C11H7Cl2F3N4. The van der Waals surface area contributed by atoms with E-state index in [4.69, 9.17) is 23.2 Å². The van der Waals surface area contributed by atoms with Crippen LogP contribution in [0, 0.1) is 0 Å². The molecule has 0 aliphatic carbocycles. The second kappa shape index (κ2) is 5.80. The van der Waals surface area contributed by atoms with Crippen LogP contribution in [0.1, 0.15) is 11.1 Å². The first-order valence-electron chi connectivity index (χ1n) is 5.32. The van der Waals surface area contributed by atoms with E-state index in [0.717, 1.165) is 12.1 Å². The summed E-state index contributed by atoms with van der Waals surface area (Å²) in [6.07, 6.45) is -4.35. The fourth-order valence-electron chi connectivity index (χ4n) is 1.40. The minimum absolute atomic E-state index is 0.0290. The van der Waals surface area contributed by atoms with Gasteiger partial charge in [-0.2, -0.15) is 18.2 Å². The van der Waals surface area contributed by atoms with E-state index < -0.39 is 11.7 Å². The predicted octanol–water partition coefficient (Wildman–Crippen LogP) is 3.81. The summed E-state index contributed by atoms with van der Waals surface area (Å²) in [4.78, 5) is 3.81. The standard InChI is InChI=1S/C11H7Cl2F3N4/c12-8-9(18-10(13)20-19-8)17-5-6-1-3-7(4-2-6)11(14,15)16/h1-4H,5H2,(H,17,18,20). The smallest absolute Gasteiger partial charge is 0.363 e. The third-order valence-electron chi connectivity index (χ3n) is 2.36. The second-order valence-corrected chi connectivity index (χ2v) is 4.46. The molecule has 0 bridgehead atoms. The van der Waals surface area contributed by atoms with Crippen LogP contribution in [0.2, 0.25) is 10.4 Å². The van der Waals surface area contributed by atoms with Crippen LogP contribution >= 0.6 is 23.2 Å². The summed E-state index contributed by atoms with van der Waals surface area (Å²) in [7, 11) is 0. The quantitative estimate of drug-likeness (QED) is 0.933. The van der Waals surface area contributed by atoms with Crippen LogP contribution in [0.5, 0.6) is 0 Å². The number of aromatic nitrogens is 3. The molecule has 1 aromatic carbocycles. The molecule has 0 radical (unpaired) electrons. The van der Waals surface area contributed by atoms with Crippen molar-refractivity contribution in [2.45, 2.75) is 12.7 Å². The molecule has 2 rings (SSSR count). The van der Waals surface area contributed by atoms with E-state index in [-0.39, 0.29) is 22.8 Å². The van der Waals surface area contributed by atoms with Gasteiger partial charge in [-0.3, -0.25) is 0 Å². The minimum atomic E-state index is -4.35. The average molecular weight is 323 g/mol. The molecular weight excluding hydrogens is 316 g/mol. The Balaban J connectivity index is 2.06. The predicted molar refractivity (Wildman–Crippen MR) is 68.6 cm³/mol. The zero-order valence-electron chi connectivity index (χ0n) is 9.75. The number of nitrogens with one attached hydrogen (secondary N) is 1. The lowest BCUT2D eigenvalue weighted by Crippen LogP contribution is -2.07. The van der Waals surface area contributed by atoms with Crippen LogP contribution in [0.25, 0.3) is 0 Å². The second-order valence-electron chi connectivity index (χ2n) is 3.77. The summed E-state index contributed by atoms with van der Waals surface area (Å²) in [6, 6.07) is 4.73. The molecule has 0 spiro atoms. The van der Waals surface area contributed by atoms with E-state index >= 15 is 0 Å². The van der Waals surface area contributed by atoms with Gasteiger partial charge in [-0.1, -0.05) is 23.7 Å². The van der Waals surface area contributed by atoms with Crippen LogP contribution in [0.15, 0.2) is 24.3 Å². The molecule has 0 aliphatic heterocycles. The maximum absolute atomic E-state index is 12.4. The van der Waals surface area contributed by atoms with Gasteiger partial charge in [-0.15, -0.1) is 10.2 Å². The summed E-state index contributed by atoms with van der Waals surface area (Å²) >= 11 is 11.3. The van der Waals surface area contributed by atoms with Crippen molar-refractivity contribution in [3.8, 4) is 0 Å². The van der Waals surface area contributed by atoms with Crippen molar-refractivity contribution in [2.24, 2.45) is 0 Å². The van der Waals surface area contributed by atoms with Crippen molar-refractivity contribution in [2.75, 3.05) is 5.32 Å². The molecule has 0 amide bonds. The van der Waals surface area contributed by atoms with Crippen LogP contribution in [0.4, 0.5) is 19.0 Å². The van der Waals surface area contributed by atoms with Gasteiger partial charge in [-0.05, 0) is 29.3 Å². The van der Waals surface area contributed by atoms with Crippen molar-refractivity contribution in [1.29, 1.82) is 0 Å². The highest BCUT2D eigenvalue weighted by molar-refractivity contribution is 6.32. The molecule has 0 atom stereocenters. The zero-order valence-corrected chi connectivity index (χ0v) is 11.3. The number of hydrogen-bond donors (Lipinski definition) is 1. The highest BCUT2D eigenvalue weighted by Crippen LogP contribution is 2.29. The fourth-order valence-corrected chi connectivity index (χ4v) is 1.67. The van der Waals surface area contributed by atoms with Crippen LogP contribution in [-0.2, 0) is 12.7 Å². The topological polar surface area (TPSA) is 50.7 Å². The molecule has 9 heteroatoms. The van der Waals surface area contributed by atoms with E-state index in [2.05, 4.69) is 20.5 Å². The lowest BCUT2D eigenvalue weighted by atomic mass is 10.1. The summed E-state index contributed by atoms with van der Waals surface area (Å²) in [6.45, 7) is 0.229. The largest absolute Gasteiger partial charge is 0.416 e. The minimum Gasteiger partial charge on any atom is -0.363 e. The third kappa shape index (κ3) is 3.71. The summed E-state index contributed by atoms with van der Waals surface area (Å²) in [5, 5.41) is 9.75. The molecule has 1 heterocycles. The van der Waals surface area contributed by atoms with Gasteiger partial charge in [0.2, 0.25) is 5.28 Å². The van der Waals surface area contributed by atoms with E-state index in [1.54, 1.807) is 0 Å². The maximum atomic E-state index is 12.4. The maximum Gasteiger partial charge on any atom is 0.416 e. The van der Waals surface area contributed by atoms with E-state index in [1.165, 1.54) is 12.1 Å². The lowest BCUT2D eigenvalue weighted by Gasteiger charge is -2.09. The molecule has 0 aliphatic rings. The van der Waals surface area contributed by atoms with E-state index in [0.29, 0.717) is 5.56 Å². The van der Waals surface area contributed by atoms with E-state index in [9.17, 15) is 13.2 Å². The number of benzene rings is 1. The molecule has 0 saturated carbocycles. The molecule has 20 heavy (non-hydrogen) atoms. The summed E-state index contributed by atoms with van der Waals surface area (Å²) in [5.74, 6) is 0.214. The SMILES string of the molecule is FC(F)(F)c1ccc(CNc2nc(Cl)nnc2Cl)cc1. The fraction of sp³-hybridized carbons (Fsp3) is 0.182. The van der Waals surface area contributed by atoms with Crippen molar-refractivity contribution in [1.82, 2.24) is 15.2 Å². The Hall–Kier alpha value is -1.60. The highest BCUT2D eigenvalue weighted by atomic mass is 35.5. The number of nitrogens with zero attached hydrogens (tertiary/aromatic N) is 3. The highest BCUT2D eigenvalue weighted by Gasteiger charge is 2.29. The Morgan fingerprint density at radius 1 is 1.05 bits per heavy atom. The number of anilines is 1. The first kappa shape index (κ1) is 14.8. The van der Waals surface area contributed by atoms with Gasteiger partial charge in [0.15, 0.2) is 11.0 Å². The summed E-state index contributed by atoms with van der Waals surface area (Å²) in [5.41, 5.74) is -0.0742. The van der Waals surface area contributed by atoms with Crippen LogP contribution < -0.4 is 5.32 Å². The Morgan fingerprint density at radius 3 is 2.30 bits per heavy atom. The van der Waals surface area contributed by atoms with Crippen molar-refractivity contribution < 1.29 is 13.2 Å². The van der Waals surface area contributed by atoms with Crippen LogP contribution in [-0.4, -0.2) is 15.2 Å². The molecule has 4 nitrogen and oxygen atoms in total. The molecule has 1 N–H and O–H groups in total. The average Bonchev–Trinajstić information content (AvgIpc) is 2.39. The first-order valence-corrected chi connectivity index (χ1v) is 6.07. The summed E-state index contributed by atoms with van der Waals surface area (Å²) < 4.78 is 37.2. The number of hydrogen-bond acceptors (Lipinski definition) is 4. The van der Waals surface area contributed by atoms with Gasteiger partial charge >= 0.3 is 6.18 Å². The van der Waals surface area contributed by atoms with E-state index in [1.807, 2.05) is 0 Å². The molecule has 0 saturated heterocycles. The van der Waals surface area contributed by atoms with Crippen molar-refractivity contribution >= 4 is 29.0 Å². The normalized spacial score (nSPS) is 11.4. The molecule has 0 unspecified atom stereocenters. The van der Waals surface area contributed by atoms with Crippen LogP contribution in [0.3, 0.4) is 0 Å². The molecule has 106 valence electrons. The first-order chi connectivity index (χ1) is 9.36. The van der Waals surface area contributed by atoms with Crippen molar-refractivity contribution in [3.05, 3.63) is 45.8 Å². The Bertz CT molecular complexity index is 602.